The first-order valence-corrected chi connectivity index (χ1v) is 7.45. The fraction of sp³-hybridized carbons (Fsp3) is 0.538. The van der Waals surface area contributed by atoms with E-state index in [1.165, 1.54) is 0 Å². The second kappa shape index (κ2) is 4.31. The second-order valence-corrected chi connectivity index (χ2v) is 7.33. The van der Waals surface area contributed by atoms with Crippen LogP contribution >= 0.6 is 0 Å². The fourth-order valence-electron chi connectivity index (χ4n) is 3.20. The van der Waals surface area contributed by atoms with Crippen molar-refractivity contribution in [2.24, 2.45) is 0 Å². The number of rotatable bonds is 1. The molecule has 1 N–H and O–H groups in total. The van der Waals surface area contributed by atoms with Gasteiger partial charge in [-0.25, -0.2) is 13.2 Å². The lowest BCUT2D eigenvalue weighted by Crippen LogP contribution is -2.41. The maximum Gasteiger partial charge on any atom is 0.165 e. The third-order valence-corrected chi connectivity index (χ3v) is 6.21. The molecule has 1 aromatic carbocycles. The highest BCUT2D eigenvalue weighted by Gasteiger charge is 2.49. The molecule has 2 heterocycles. The summed E-state index contributed by atoms with van der Waals surface area (Å²) < 4.78 is 52.2. The van der Waals surface area contributed by atoms with E-state index in [4.69, 9.17) is 0 Å². The van der Waals surface area contributed by atoms with Gasteiger partial charge in [0.25, 0.3) is 0 Å². The van der Waals surface area contributed by atoms with Gasteiger partial charge in [0.15, 0.2) is 11.6 Å². The lowest BCUT2D eigenvalue weighted by Gasteiger charge is -2.36. The minimum Gasteiger partial charge on any atom is -0.385 e. The quantitative estimate of drug-likeness (QED) is 0.806. The monoisotopic (exact) mass is 290 g/mol. The highest BCUT2D eigenvalue weighted by molar-refractivity contribution is 7.86. The van der Waals surface area contributed by atoms with Crippen LogP contribution in [0.2, 0.25) is 0 Å². The summed E-state index contributed by atoms with van der Waals surface area (Å²) in [4.78, 5) is 0. The number of hydrogen-bond donors (Lipinski definition) is 1. The molecular formula is C13H13F3O2S. The van der Waals surface area contributed by atoms with Crippen molar-refractivity contribution in [1.82, 2.24) is 0 Å². The summed E-state index contributed by atoms with van der Waals surface area (Å²) >= 11 is 0. The van der Waals surface area contributed by atoms with Crippen LogP contribution in [0.3, 0.4) is 0 Å². The molecule has 2 fully saturated rings. The second-order valence-electron chi connectivity index (χ2n) is 5.34. The highest BCUT2D eigenvalue weighted by Crippen LogP contribution is 2.46. The molecule has 0 amide bonds. The molecule has 104 valence electrons. The van der Waals surface area contributed by atoms with E-state index in [1.54, 1.807) is 0 Å². The molecule has 2 saturated heterocycles. The average Bonchev–Trinajstić information content (AvgIpc) is 2.58. The Hall–Kier alpha value is -0.880. The van der Waals surface area contributed by atoms with E-state index in [1.807, 2.05) is 0 Å². The van der Waals surface area contributed by atoms with Gasteiger partial charge in [0, 0.05) is 32.9 Å². The Morgan fingerprint density at radius 1 is 1.16 bits per heavy atom. The molecule has 2 unspecified atom stereocenters. The predicted octanol–water partition coefficient (Wildman–Crippen LogP) is 2.37. The largest absolute Gasteiger partial charge is 0.385 e. The first kappa shape index (κ1) is 13.1. The molecule has 6 heteroatoms. The molecule has 3 rings (SSSR count). The Labute approximate surface area is 111 Å². The van der Waals surface area contributed by atoms with Gasteiger partial charge in [0.05, 0.1) is 5.60 Å². The van der Waals surface area contributed by atoms with E-state index in [0.29, 0.717) is 18.9 Å². The summed E-state index contributed by atoms with van der Waals surface area (Å²) in [6.45, 7) is 0. The predicted molar refractivity (Wildman–Crippen MR) is 64.4 cm³/mol. The lowest BCUT2D eigenvalue weighted by molar-refractivity contribution is 0.0141. The molecule has 19 heavy (non-hydrogen) atoms. The Morgan fingerprint density at radius 2 is 1.74 bits per heavy atom. The maximum atomic E-state index is 13.8. The fourth-order valence-corrected chi connectivity index (χ4v) is 5.36. The minimum absolute atomic E-state index is 0.0932. The molecule has 2 aliphatic rings. The van der Waals surface area contributed by atoms with Gasteiger partial charge in [-0.1, -0.05) is 0 Å². The van der Waals surface area contributed by atoms with E-state index in [-0.39, 0.29) is 28.9 Å². The van der Waals surface area contributed by atoms with Crippen molar-refractivity contribution in [3.8, 4) is 0 Å². The molecule has 0 aromatic heterocycles. The zero-order chi connectivity index (χ0) is 13.8. The van der Waals surface area contributed by atoms with Gasteiger partial charge >= 0.3 is 0 Å². The van der Waals surface area contributed by atoms with Crippen LogP contribution in [0.1, 0.15) is 31.2 Å². The Kier molecular flexibility index (Phi) is 2.98. The SMILES string of the molecule is O=S1C2CCC1CC(O)(c1cc(F)cc(F)c1F)C2. The van der Waals surface area contributed by atoms with Gasteiger partial charge in [0.1, 0.15) is 5.82 Å². The highest BCUT2D eigenvalue weighted by atomic mass is 32.2. The van der Waals surface area contributed by atoms with Crippen molar-refractivity contribution in [3.63, 3.8) is 0 Å². The molecule has 0 spiro atoms. The lowest BCUT2D eigenvalue weighted by atomic mass is 9.85. The summed E-state index contributed by atoms with van der Waals surface area (Å²) in [5, 5.41) is 10.1. The topological polar surface area (TPSA) is 37.3 Å². The van der Waals surface area contributed by atoms with E-state index in [9.17, 15) is 22.5 Å². The number of hydrogen-bond acceptors (Lipinski definition) is 2. The van der Waals surface area contributed by atoms with Gasteiger partial charge in [-0.3, -0.25) is 4.21 Å². The zero-order valence-corrected chi connectivity index (χ0v) is 10.9. The maximum absolute atomic E-state index is 13.8. The normalized spacial score (nSPS) is 37.6. The van der Waals surface area contributed by atoms with Crippen molar-refractivity contribution in [2.45, 2.75) is 41.8 Å². The standard InChI is InChI=1S/C13H13F3O2S/c14-7-3-10(12(16)11(15)4-7)13(17)5-8-1-2-9(6-13)19(8)18/h3-4,8-9,17H,1-2,5-6H2. The van der Waals surface area contributed by atoms with Gasteiger partial charge in [-0.05, 0) is 31.7 Å². The van der Waals surface area contributed by atoms with Crippen LogP contribution in [0, 0.1) is 17.5 Å². The van der Waals surface area contributed by atoms with Crippen LogP contribution in [-0.2, 0) is 16.4 Å². The molecule has 2 aliphatic heterocycles. The van der Waals surface area contributed by atoms with E-state index in [0.717, 1.165) is 6.07 Å². The summed E-state index contributed by atoms with van der Waals surface area (Å²) in [7, 11) is -1.03. The molecule has 2 atom stereocenters. The van der Waals surface area contributed by atoms with Gasteiger partial charge < -0.3 is 5.11 Å². The number of aliphatic hydroxyl groups is 1. The first-order valence-electron chi connectivity index (χ1n) is 6.17. The van der Waals surface area contributed by atoms with Crippen molar-refractivity contribution in [3.05, 3.63) is 35.1 Å². The van der Waals surface area contributed by atoms with Crippen LogP contribution in [0.15, 0.2) is 12.1 Å². The number of fused-ring (bicyclic) bond motifs is 2. The number of benzene rings is 1. The van der Waals surface area contributed by atoms with Crippen LogP contribution in [0.4, 0.5) is 13.2 Å². The number of halogens is 3. The van der Waals surface area contributed by atoms with Crippen molar-refractivity contribution in [1.29, 1.82) is 0 Å². The van der Waals surface area contributed by atoms with Crippen molar-refractivity contribution < 1.29 is 22.5 Å². The third-order valence-electron chi connectivity index (χ3n) is 4.09. The van der Waals surface area contributed by atoms with Crippen LogP contribution < -0.4 is 0 Å². The molecule has 0 radical (unpaired) electrons. The molecular weight excluding hydrogens is 277 g/mol. The van der Waals surface area contributed by atoms with Crippen molar-refractivity contribution in [2.75, 3.05) is 0 Å². The molecule has 2 nitrogen and oxygen atoms in total. The molecule has 0 saturated carbocycles. The van der Waals surface area contributed by atoms with Crippen LogP contribution in [0.5, 0.6) is 0 Å². The van der Waals surface area contributed by atoms with Crippen molar-refractivity contribution >= 4 is 10.8 Å². The summed E-state index contributed by atoms with van der Waals surface area (Å²) in [6.07, 6.45) is 1.60. The Bertz CT molecular complexity index is 545. The third kappa shape index (κ3) is 2.01. The Morgan fingerprint density at radius 3 is 2.32 bits per heavy atom. The molecule has 2 bridgehead atoms. The molecule has 1 aromatic rings. The van der Waals surface area contributed by atoms with Crippen LogP contribution in [-0.4, -0.2) is 19.8 Å². The Balaban J connectivity index is 2.05. The summed E-state index contributed by atoms with van der Waals surface area (Å²) in [5.41, 5.74) is -1.97. The van der Waals surface area contributed by atoms with E-state index >= 15 is 0 Å². The van der Waals surface area contributed by atoms with Gasteiger partial charge in [0.2, 0.25) is 0 Å². The van der Waals surface area contributed by atoms with Gasteiger partial charge in [-0.15, -0.1) is 0 Å². The zero-order valence-electron chi connectivity index (χ0n) is 10.0. The smallest absolute Gasteiger partial charge is 0.165 e. The molecule has 0 aliphatic carbocycles. The summed E-state index contributed by atoms with van der Waals surface area (Å²) in [5.74, 6) is -3.43. The summed E-state index contributed by atoms with van der Waals surface area (Å²) in [6, 6.07) is 1.30. The van der Waals surface area contributed by atoms with Crippen LogP contribution in [0.25, 0.3) is 0 Å². The van der Waals surface area contributed by atoms with E-state index in [2.05, 4.69) is 0 Å². The average molecular weight is 290 g/mol. The minimum atomic E-state index is -1.62. The van der Waals surface area contributed by atoms with E-state index < -0.39 is 33.9 Å². The first-order chi connectivity index (χ1) is 8.90. The van der Waals surface area contributed by atoms with Gasteiger partial charge in [-0.2, -0.15) is 0 Å².